The molecule has 0 aliphatic rings. The van der Waals surface area contributed by atoms with E-state index in [0.29, 0.717) is 0 Å². The van der Waals surface area contributed by atoms with Crippen LogP contribution in [-0.4, -0.2) is 15.5 Å². The lowest BCUT2D eigenvalue weighted by molar-refractivity contribution is -0.122. The van der Waals surface area contributed by atoms with Crippen LogP contribution in [0.15, 0.2) is 36.7 Å². The Morgan fingerprint density at radius 3 is 2.69 bits per heavy atom. The number of aryl methyl sites for hydroxylation is 1. The molecule has 1 amide bonds. The molecule has 150 valence electrons. The number of nitrogens with one attached hydrogen (secondary N) is 1. The number of amides is 1. The highest BCUT2D eigenvalue weighted by Gasteiger charge is 2.23. The molecule has 29 heavy (non-hydrogen) atoms. The second-order valence-electron chi connectivity index (χ2n) is 7.70. The SMILES string of the molecule is Cc1cc(C(C)NC(=O)Cn2cnc3ccc(F)c(F)c32)ccc1C(C)(C)C#N. The molecule has 0 radical (unpaired) electrons. The maximum Gasteiger partial charge on any atom is 0.240 e. The summed E-state index contributed by atoms with van der Waals surface area (Å²) < 4.78 is 28.9. The molecular weight excluding hydrogens is 374 g/mol. The number of carbonyl (C=O) groups is 1. The van der Waals surface area contributed by atoms with Gasteiger partial charge in [-0.2, -0.15) is 5.26 Å². The van der Waals surface area contributed by atoms with E-state index in [-0.39, 0.29) is 29.5 Å². The molecule has 0 fully saturated rings. The van der Waals surface area contributed by atoms with Crippen molar-refractivity contribution in [1.82, 2.24) is 14.9 Å². The van der Waals surface area contributed by atoms with E-state index in [0.717, 1.165) is 22.8 Å². The van der Waals surface area contributed by atoms with Gasteiger partial charge in [-0.05, 0) is 56.5 Å². The number of hydrogen-bond donors (Lipinski definition) is 1. The Morgan fingerprint density at radius 1 is 1.31 bits per heavy atom. The van der Waals surface area contributed by atoms with E-state index in [2.05, 4.69) is 16.4 Å². The molecule has 1 atom stereocenters. The zero-order valence-electron chi connectivity index (χ0n) is 16.8. The smallest absolute Gasteiger partial charge is 0.240 e. The standard InChI is InChI=1S/C22H22F2N4O/c1-13-9-15(5-6-16(13)22(3,4)11-25)14(2)27-19(29)10-28-12-26-18-8-7-17(23)20(24)21(18)28/h5-9,12,14H,10H2,1-4H3,(H,27,29). The maximum absolute atomic E-state index is 14.1. The zero-order valence-corrected chi connectivity index (χ0v) is 16.8. The number of nitrogens with zero attached hydrogens (tertiary/aromatic N) is 3. The number of benzene rings is 2. The summed E-state index contributed by atoms with van der Waals surface area (Å²) in [5.74, 6) is -2.35. The largest absolute Gasteiger partial charge is 0.348 e. The molecule has 5 nitrogen and oxygen atoms in total. The molecule has 0 spiro atoms. The molecule has 1 N–H and O–H groups in total. The first-order chi connectivity index (χ1) is 13.6. The average molecular weight is 396 g/mol. The van der Waals surface area contributed by atoms with E-state index in [1.165, 1.54) is 17.0 Å². The van der Waals surface area contributed by atoms with Gasteiger partial charge in [0.15, 0.2) is 11.6 Å². The normalized spacial score (nSPS) is 12.6. The van der Waals surface area contributed by atoms with Crippen LogP contribution < -0.4 is 5.32 Å². The quantitative estimate of drug-likeness (QED) is 0.699. The third-order valence-corrected chi connectivity index (χ3v) is 5.07. The van der Waals surface area contributed by atoms with Crippen LogP contribution in [0.1, 0.15) is 43.5 Å². The Bertz CT molecular complexity index is 1130. The van der Waals surface area contributed by atoms with E-state index >= 15 is 0 Å². The minimum Gasteiger partial charge on any atom is -0.348 e. The van der Waals surface area contributed by atoms with Crippen molar-refractivity contribution >= 4 is 16.9 Å². The van der Waals surface area contributed by atoms with Crippen molar-refractivity contribution in [3.63, 3.8) is 0 Å². The van der Waals surface area contributed by atoms with Gasteiger partial charge in [-0.25, -0.2) is 13.8 Å². The highest BCUT2D eigenvalue weighted by Crippen LogP contribution is 2.28. The van der Waals surface area contributed by atoms with Crippen molar-refractivity contribution < 1.29 is 13.6 Å². The highest BCUT2D eigenvalue weighted by atomic mass is 19.2. The van der Waals surface area contributed by atoms with E-state index in [1.807, 2.05) is 45.9 Å². The number of nitriles is 1. The maximum atomic E-state index is 14.1. The monoisotopic (exact) mass is 396 g/mol. The Labute approximate surface area is 168 Å². The van der Waals surface area contributed by atoms with Gasteiger partial charge in [0.2, 0.25) is 5.91 Å². The summed E-state index contributed by atoms with van der Waals surface area (Å²) >= 11 is 0. The topological polar surface area (TPSA) is 70.7 Å². The zero-order chi connectivity index (χ0) is 21.3. The lowest BCUT2D eigenvalue weighted by Gasteiger charge is -2.21. The summed E-state index contributed by atoms with van der Waals surface area (Å²) in [5, 5.41) is 12.2. The second-order valence-corrected chi connectivity index (χ2v) is 7.70. The van der Waals surface area contributed by atoms with Crippen LogP contribution in [0.25, 0.3) is 11.0 Å². The van der Waals surface area contributed by atoms with Crippen LogP contribution in [0.2, 0.25) is 0 Å². The summed E-state index contributed by atoms with van der Waals surface area (Å²) in [7, 11) is 0. The van der Waals surface area contributed by atoms with Crippen LogP contribution in [0.4, 0.5) is 8.78 Å². The number of rotatable bonds is 5. The summed E-state index contributed by atoms with van der Waals surface area (Å²) in [6.45, 7) is 7.31. The number of aromatic nitrogens is 2. The Hall–Kier alpha value is -3.27. The van der Waals surface area contributed by atoms with Gasteiger partial charge in [-0.15, -0.1) is 0 Å². The molecule has 0 bridgehead atoms. The van der Waals surface area contributed by atoms with Crippen LogP contribution >= 0.6 is 0 Å². The van der Waals surface area contributed by atoms with E-state index in [1.54, 1.807) is 0 Å². The summed E-state index contributed by atoms with van der Waals surface area (Å²) in [6.07, 6.45) is 1.32. The summed E-state index contributed by atoms with van der Waals surface area (Å²) in [4.78, 5) is 16.5. The predicted molar refractivity (Wildman–Crippen MR) is 106 cm³/mol. The van der Waals surface area contributed by atoms with Crippen molar-refractivity contribution in [3.05, 3.63) is 65.0 Å². The van der Waals surface area contributed by atoms with Crippen LogP contribution in [0.5, 0.6) is 0 Å². The van der Waals surface area contributed by atoms with Gasteiger partial charge in [-0.3, -0.25) is 4.79 Å². The molecule has 3 rings (SSSR count). The van der Waals surface area contributed by atoms with Crippen molar-refractivity contribution in [1.29, 1.82) is 5.26 Å². The van der Waals surface area contributed by atoms with Gasteiger partial charge in [0.1, 0.15) is 12.1 Å². The van der Waals surface area contributed by atoms with Gasteiger partial charge in [0.05, 0.1) is 29.4 Å². The number of fused-ring (bicyclic) bond motifs is 1. The van der Waals surface area contributed by atoms with Crippen molar-refractivity contribution in [2.75, 3.05) is 0 Å². The Kier molecular flexibility index (Phi) is 5.38. The predicted octanol–water partition coefficient (Wildman–Crippen LogP) is 4.30. The van der Waals surface area contributed by atoms with Crippen LogP contribution in [0.3, 0.4) is 0 Å². The first-order valence-corrected chi connectivity index (χ1v) is 9.24. The van der Waals surface area contributed by atoms with Crippen molar-refractivity contribution in [2.45, 2.75) is 45.7 Å². The number of imidazole rings is 1. The van der Waals surface area contributed by atoms with E-state index in [4.69, 9.17) is 0 Å². The van der Waals surface area contributed by atoms with Crippen LogP contribution in [-0.2, 0) is 16.8 Å². The molecule has 2 aromatic carbocycles. The Balaban J connectivity index is 1.76. The first-order valence-electron chi connectivity index (χ1n) is 9.24. The molecule has 3 aromatic rings. The fraction of sp³-hybridized carbons (Fsp3) is 0.318. The molecule has 0 aliphatic carbocycles. The van der Waals surface area contributed by atoms with Gasteiger partial charge in [0.25, 0.3) is 0 Å². The molecule has 0 saturated carbocycles. The van der Waals surface area contributed by atoms with Crippen molar-refractivity contribution in [2.24, 2.45) is 0 Å². The van der Waals surface area contributed by atoms with Gasteiger partial charge in [-0.1, -0.05) is 18.2 Å². The number of hydrogen-bond acceptors (Lipinski definition) is 3. The van der Waals surface area contributed by atoms with Gasteiger partial charge >= 0.3 is 0 Å². The fourth-order valence-electron chi connectivity index (χ4n) is 3.46. The number of halogens is 2. The molecule has 0 aliphatic heterocycles. The lowest BCUT2D eigenvalue weighted by Crippen LogP contribution is -2.30. The molecule has 1 unspecified atom stereocenters. The lowest BCUT2D eigenvalue weighted by atomic mass is 9.82. The van der Waals surface area contributed by atoms with Crippen molar-refractivity contribution in [3.8, 4) is 6.07 Å². The molecular formula is C22H22F2N4O. The first kappa shape index (κ1) is 20.5. The average Bonchev–Trinajstić information content (AvgIpc) is 3.07. The number of carbonyl (C=O) groups excluding carboxylic acids is 1. The van der Waals surface area contributed by atoms with Gasteiger partial charge in [0, 0.05) is 0 Å². The molecule has 0 saturated heterocycles. The minimum atomic E-state index is -1.02. The fourth-order valence-corrected chi connectivity index (χ4v) is 3.46. The molecule has 7 heteroatoms. The summed E-state index contributed by atoms with van der Waals surface area (Å²) in [5.41, 5.74) is 2.44. The molecule has 1 aromatic heterocycles. The second kappa shape index (κ2) is 7.63. The van der Waals surface area contributed by atoms with Gasteiger partial charge < -0.3 is 9.88 Å². The van der Waals surface area contributed by atoms with E-state index in [9.17, 15) is 18.8 Å². The minimum absolute atomic E-state index is 0.0354. The third kappa shape index (κ3) is 3.97. The molecule has 1 heterocycles. The van der Waals surface area contributed by atoms with E-state index < -0.39 is 17.0 Å². The summed E-state index contributed by atoms with van der Waals surface area (Å²) in [6, 6.07) is 10.1. The Morgan fingerprint density at radius 2 is 2.03 bits per heavy atom. The third-order valence-electron chi connectivity index (χ3n) is 5.07. The highest BCUT2D eigenvalue weighted by molar-refractivity contribution is 5.81. The van der Waals surface area contributed by atoms with Crippen LogP contribution in [0, 0.1) is 29.9 Å².